The van der Waals surface area contributed by atoms with E-state index in [0.717, 1.165) is 16.8 Å². The number of carbonyl (C=O) groups excluding carboxylic acids is 2. The number of amides is 2. The Bertz CT molecular complexity index is 794. The number of nitrogens with one attached hydrogen (secondary N) is 1. The lowest BCUT2D eigenvalue weighted by atomic mass is 9.90. The lowest BCUT2D eigenvalue weighted by Gasteiger charge is -2.29. The van der Waals surface area contributed by atoms with Crippen LogP contribution in [0.5, 0.6) is 0 Å². The predicted molar refractivity (Wildman–Crippen MR) is 102 cm³/mol. The number of ether oxygens (including phenoxy) is 1. The Labute approximate surface area is 159 Å². The van der Waals surface area contributed by atoms with Gasteiger partial charge in [-0.25, -0.2) is 0 Å². The molecule has 2 aromatic rings. The second kappa shape index (κ2) is 8.77. The third-order valence-electron chi connectivity index (χ3n) is 4.98. The van der Waals surface area contributed by atoms with E-state index in [0.29, 0.717) is 19.7 Å². The number of methoxy groups -OCH3 is 1. The largest absolute Gasteiger partial charge is 0.383 e. The highest BCUT2D eigenvalue weighted by molar-refractivity contribution is 5.90. The summed E-state index contributed by atoms with van der Waals surface area (Å²) in [7, 11) is 1.61. The molecule has 2 heterocycles. The zero-order valence-electron chi connectivity index (χ0n) is 15.7. The maximum Gasteiger partial charge on any atom is 0.226 e. The first kappa shape index (κ1) is 19.0. The third-order valence-corrected chi connectivity index (χ3v) is 4.98. The number of pyridine rings is 1. The lowest BCUT2D eigenvalue weighted by molar-refractivity contribution is -0.129. The number of aryl methyl sites for hydroxylation is 1. The molecule has 1 fully saturated rings. The van der Waals surface area contributed by atoms with E-state index in [2.05, 4.69) is 10.3 Å². The van der Waals surface area contributed by atoms with Gasteiger partial charge in [-0.3, -0.25) is 14.6 Å². The van der Waals surface area contributed by atoms with Crippen molar-refractivity contribution in [2.24, 2.45) is 5.92 Å². The first-order valence-corrected chi connectivity index (χ1v) is 9.13. The normalized spacial score (nSPS) is 19.3. The molecule has 1 saturated heterocycles. The van der Waals surface area contributed by atoms with Gasteiger partial charge in [0, 0.05) is 26.3 Å². The second-order valence-electron chi connectivity index (χ2n) is 6.73. The summed E-state index contributed by atoms with van der Waals surface area (Å²) in [5, 5.41) is 2.95. The molecule has 0 saturated carbocycles. The summed E-state index contributed by atoms with van der Waals surface area (Å²) in [5.41, 5.74) is 2.87. The van der Waals surface area contributed by atoms with Crippen molar-refractivity contribution in [2.75, 3.05) is 20.3 Å². The van der Waals surface area contributed by atoms with Crippen molar-refractivity contribution >= 4 is 11.8 Å². The van der Waals surface area contributed by atoms with Crippen LogP contribution in [-0.4, -0.2) is 42.0 Å². The van der Waals surface area contributed by atoms with Crippen molar-refractivity contribution in [3.63, 3.8) is 0 Å². The fourth-order valence-corrected chi connectivity index (χ4v) is 3.59. The molecule has 0 aliphatic carbocycles. The molecule has 1 aliphatic heterocycles. The molecule has 2 amide bonds. The minimum atomic E-state index is -0.431. The molecule has 0 spiro atoms. The Morgan fingerprint density at radius 3 is 2.74 bits per heavy atom. The zero-order valence-corrected chi connectivity index (χ0v) is 15.7. The molecule has 6 nitrogen and oxygen atoms in total. The van der Waals surface area contributed by atoms with Gasteiger partial charge in [0.25, 0.3) is 0 Å². The molecule has 142 valence electrons. The molecule has 1 aromatic carbocycles. The minimum Gasteiger partial charge on any atom is -0.383 e. The molecule has 0 bridgehead atoms. The Morgan fingerprint density at radius 2 is 2.04 bits per heavy atom. The molecule has 0 radical (unpaired) electrons. The summed E-state index contributed by atoms with van der Waals surface area (Å²) in [6, 6.07) is 13.2. The van der Waals surface area contributed by atoms with Crippen molar-refractivity contribution in [3.8, 4) is 0 Å². The Hall–Kier alpha value is -2.73. The monoisotopic (exact) mass is 367 g/mol. The maximum absolute atomic E-state index is 12.9. The number of rotatable bonds is 7. The van der Waals surface area contributed by atoms with Crippen LogP contribution in [0.2, 0.25) is 0 Å². The van der Waals surface area contributed by atoms with Crippen LogP contribution in [0.15, 0.2) is 48.7 Å². The van der Waals surface area contributed by atoms with E-state index in [9.17, 15) is 9.59 Å². The van der Waals surface area contributed by atoms with E-state index in [1.54, 1.807) is 18.2 Å². The number of hydrogen-bond donors (Lipinski definition) is 1. The van der Waals surface area contributed by atoms with Crippen molar-refractivity contribution in [1.82, 2.24) is 15.2 Å². The Morgan fingerprint density at radius 1 is 1.26 bits per heavy atom. The SMILES string of the molecule is COCCN1C(=O)C[C@@H](C(=O)NCc2ccccn2)[C@@H]1c1ccccc1C. The van der Waals surface area contributed by atoms with Gasteiger partial charge in [-0.2, -0.15) is 0 Å². The van der Waals surface area contributed by atoms with Crippen LogP contribution in [0.4, 0.5) is 0 Å². The topological polar surface area (TPSA) is 71.5 Å². The summed E-state index contributed by atoms with van der Waals surface area (Å²) in [6.45, 7) is 3.27. The molecule has 27 heavy (non-hydrogen) atoms. The number of likely N-dealkylation sites (tertiary alicyclic amines) is 1. The zero-order chi connectivity index (χ0) is 19.2. The van der Waals surface area contributed by atoms with Gasteiger partial charge in [0.05, 0.1) is 30.8 Å². The smallest absolute Gasteiger partial charge is 0.226 e. The Balaban J connectivity index is 1.82. The van der Waals surface area contributed by atoms with Crippen LogP contribution in [-0.2, 0) is 20.9 Å². The average Bonchev–Trinajstić information content (AvgIpc) is 3.02. The average molecular weight is 367 g/mol. The van der Waals surface area contributed by atoms with E-state index >= 15 is 0 Å². The van der Waals surface area contributed by atoms with Crippen LogP contribution in [0.3, 0.4) is 0 Å². The quantitative estimate of drug-likeness (QED) is 0.815. The fourth-order valence-electron chi connectivity index (χ4n) is 3.59. The number of carbonyl (C=O) groups is 2. The van der Waals surface area contributed by atoms with Crippen molar-refractivity contribution in [1.29, 1.82) is 0 Å². The number of aromatic nitrogens is 1. The summed E-state index contributed by atoms with van der Waals surface area (Å²) in [5.74, 6) is -0.570. The van der Waals surface area contributed by atoms with Crippen LogP contribution >= 0.6 is 0 Å². The molecular weight excluding hydrogens is 342 g/mol. The van der Waals surface area contributed by atoms with Crippen LogP contribution < -0.4 is 5.32 Å². The van der Waals surface area contributed by atoms with Crippen molar-refractivity contribution < 1.29 is 14.3 Å². The van der Waals surface area contributed by atoms with Gasteiger partial charge in [-0.1, -0.05) is 30.3 Å². The molecule has 3 rings (SSSR count). The van der Waals surface area contributed by atoms with E-state index in [4.69, 9.17) is 4.74 Å². The van der Waals surface area contributed by atoms with E-state index in [1.165, 1.54) is 0 Å². The molecule has 1 aromatic heterocycles. The highest BCUT2D eigenvalue weighted by atomic mass is 16.5. The first-order chi connectivity index (χ1) is 13.1. The van der Waals surface area contributed by atoms with Gasteiger partial charge in [0.2, 0.25) is 11.8 Å². The van der Waals surface area contributed by atoms with Crippen molar-refractivity contribution in [3.05, 3.63) is 65.5 Å². The predicted octanol–water partition coefficient (Wildman–Crippen LogP) is 2.24. The van der Waals surface area contributed by atoms with Crippen LogP contribution in [0, 0.1) is 12.8 Å². The van der Waals surface area contributed by atoms with Gasteiger partial charge in [-0.15, -0.1) is 0 Å². The fraction of sp³-hybridized carbons (Fsp3) is 0.381. The molecule has 2 atom stereocenters. The van der Waals surface area contributed by atoms with Gasteiger partial charge >= 0.3 is 0 Å². The summed E-state index contributed by atoms with van der Waals surface area (Å²) < 4.78 is 5.16. The van der Waals surface area contributed by atoms with Gasteiger partial charge in [-0.05, 0) is 30.2 Å². The standard InChI is InChI=1S/C21H25N3O3/c1-15-7-3-4-9-17(15)20-18(13-19(25)24(20)11-12-27-2)21(26)23-14-16-8-5-6-10-22-16/h3-10,18,20H,11-14H2,1-2H3,(H,23,26)/t18-,20+/m1/s1. The van der Waals surface area contributed by atoms with E-state index in [1.807, 2.05) is 49.4 Å². The maximum atomic E-state index is 12.9. The highest BCUT2D eigenvalue weighted by Gasteiger charge is 2.44. The second-order valence-corrected chi connectivity index (χ2v) is 6.73. The van der Waals surface area contributed by atoms with Gasteiger partial charge < -0.3 is 15.0 Å². The number of benzene rings is 1. The molecular formula is C21H25N3O3. The summed E-state index contributed by atoms with van der Waals surface area (Å²) in [6.07, 6.45) is 1.90. The molecule has 1 aliphatic rings. The van der Waals surface area contributed by atoms with E-state index < -0.39 is 5.92 Å². The van der Waals surface area contributed by atoms with E-state index in [-0.39, 0.29) is 24.3 Å². The van der Waals surface area contributed by atoms with Crippen LogP contribution in [0.1, 0.15) is 29.3 Å². The minimum absolute atomic E-state index is 0.0155. The summed E-state index contributed by atoms with van der Waals surface area (Å²) >= 11 is 0. The van der Waals surface area contributed by atoms with Gasteiger partial charge in [0.15, 0.2) is 0 Å². The third kappa shape index (κ3) is 4.34. The van der Waals surface area contributed by atoms with Crippen molar-refractivity contribution in [2.45, 2.75) is 25.9 Å². The van der Waals surface area contributed by atoms with Crippen LogP contribution in [0.25, 0.3) is 0 Å². The van der Waals surface area contributed by atoms with Gasteiger partial charge in [0.1, 0.15) is 0 Å². The summed E-state index contributed by atoms with van der Waals surface area (Å²) in [4.78, 5) is 31.6. The molecule has 1 N–H and O–H groups in total. The number of hydrogen-bond acceptors (Lipinski definition) is 4. The molecule has 6 heteroatoms. The highest BCUT2D eigenvalue weighted by Crippen LogP contribution is 2.39. The lowest BCUT2D eigenvalue weighted by Crippen LogP contribution is -2.37. The first-order valence-electron chi connectivity index (χ1n) is 9.13. The number of nitrogens with zero attached hydrogens (tertiary/aromatic N) is 2. The Kier molecular flexibility index (Phi) is 6.19. The molecule has 0 unspecified atom stereocenters.